The van der Waals surface area contributed by atoms with Crippen molar-refractivity contribution in [1.82, 2.24) is 20.1 Å². The third kappa shape index (κ3) is 4.58. The molecule has 6 nitrogen and oxygen atoms in total. The summed E-state index contributed by atoms with van der Waals surface area (Å²) in [5.74, 6) is 1.69. The Labute approximate surface area is 147 Å². The van der Waals surface area contributed by atoms with Gasteiger partial charge in [0.05, 0.1) is 20.8 Å². The second-order valence-corrected chi connectivity index (χ2v) is 5.69. The molecule has 0 atom stereocenters. The van der Waals surface area contributed by atoms with E-state index in [1.54, 1.807) is 26.9 Å². The Bertz CT molecular complexity index is 786. The Hall–Kier alpha value is -2.86. The van der Waals surface area contributed by atoms with E-state index in [9.17, 15) is 0 Å². The van der Waals surface area contributed by atoms with Gasteiger partial charge in [-0.05, 0) is 29.3 Å². The fourth-order valence-electron chi connectivity index (χ4n) is 2.63. The second-order valence-electron chi connectivity index (χ2n) is 5.69. The van der Waals surface area contributed by atoms with Crippen LogP contribution in [0.1, 0.15) is 16.7 Å². The number of nitrogens with zero attached hydrogens (tertiary/aromatic N) is 3. The first-order valence-electron chi connectivity index (χ1n) is 8.10. The van der Waals surface area contributed by atoms with Crippen molar-refractivity contribution < 1.29 is 9.47 Å². The van der Waals surface area contributed by atoms with Crippen LogP contribution in [0.3, 0.4) is 0 Å². The van der Waals surface area contributed by atoms with E-state index in [0.29, 0.717) is 6.54 Å². The molecule has 0 aliphatic carbocycles. The Morgan fingerprint density at radius 2 is 1.76 bits per heavy atom. The fraction of sp³-hybridized carbons (Fsp3) is 0.263. The summed E-state index contributed by atoms with van der Waals surface area (Å²) in [6.07, 6.45) is 3.27. The molecule has 0 saturated carbocycles. The number of methoxy groups -OCH3 is 2. The van der Waals surface area contributed by atoms with E-state index in [2.05, 4.69) is 39.7 Å². The van der Waals surface area contributed by atoms with Crippen molar-refractivity contribution in [2.24, 2.45) is 0 Å². The topological polar surface area (TPSA) is 61.2 Å². The maximum atomic E-state index is 5.40. The van der Waals surface area contributed by atoms with Crippen LogP contribution in [0.15, 0.2) is 55.1 Å². The maximum absolute atomic E-state index is 5.40. The van der Waals surface area contributed by atoms with Gasteiger partial charge in [-0.3, -0.25) is 0 Å². The summed E-state index contributed by atoms with van der Waals surface area (Å²) in [4.78, 5) is 3.95. The quantitative estimate of drug-likeness (QED) is 0.684. The summed E-state index contributed by atoms with van der Waals surface area (Å²) in [5, 5.41) is 7.56. The minimum Gasteiger partial charge on any atom is -0.497 e. The van der Waals surface area contributed by atoms with Gasteiger partial charge in [0.15, 0.2) is 0 Å². The van der Waals surface area contributed by atoms with E-state index >= 15 is 0 Å². The van der Waals surface area contributed by atoms with E-state index in [-0.39, 0.29) is 0 Å². The lowest BCUT2D eigenvalue weighted by atomic mass is 10.1. The Kier molecular flexibility index (Phi) is 5.64. The van der Waals surface area contributed by atoms with E-state index in [1.165, 1.54) is 11.1 Å². The molecule has 25 heavy (non-hydrogen) atoms. The van der Waals surface area contributed by atoms with Gasteiger partial charge in [0.2, 0.25) is 0 Å². The van der Waals surface area contributed by atoms with Crippen LogP contribution in [0, 0.1) is 0 Å². The highest BCUT2D eigenvalue weighted by atomic mass is 16.5. The van der Waals surface area contributed by atoms with Gasteiger partial charge in [0.1, 0.15) is 24.2 Å². The molecule has 0 unspecified atom stereocenters. The number of ether oxygens (including phenoxy) is 2. The van der Waals surface area contributed by atoms with Crippen LogP contribution in [0.2, 0.25) is 0 Å². The van der Waals surface area contributed by atoms with Crippen molar-refractivity contribution in [3.05, 3.63) is 71.8 Å². The number of hydrogen-bond donors (Lipinski definition) is 1. The van der Waals surface area contributed by atoms with Gasteiger partial charge in [-0.2, -0.15) is 5.10 Å². The largest absolute Gasteiger partial charge is 0.497 e. The van der Waals surface area contributed by atoms with Gasteiger partial charge < -0.3 is 14.8 Å². The fourth-order valence-corrected chi connectivity index (χ4v) is 2.63. The molecule has 0 amide bonds. The number of hydrogen-bond acceptors (Lipinski definition) is 5. The second kappa shape index (κ2) is 8.30. The normalized spacial score (nSPS) is 10.6. The molecule has 6 heteroatoms. The maximum Gasteiger partial charge on any atom is 0.137 e. The zero-order chi connectivity index (χ0) is 17.5. The minimum absolute atomic E-state index is 0.709. The van der Waals surface area contributed by atoms with Crippen molar-refractivity contribution >= 4 is 0 Å². The van der Waals surface area contributed by atoms with Crippen LogP contribution in [0.5, 0.6) is 11.5 Å². The smallest absolute Gasteiger partial charge is 0.137 e. The van der Waals surface area contributed by atoms with E-state index < -0.39 is 0 Å². The average molecular weight is 338 g/mol. The number of aromatic nitrogens is 3. The van der Waals surface area contributed by atoms with E-state index in [4.69, 9.17) is 9.47 Å². The predicted molar refractivity (Wildman–Crippen MR) is 95.7 cm³/mol. The first kappa shape index (κ1) is 17.0. The highest BCUT2D eigenvalue weighted by molar-refractivity contribution is 5.40. The molecule has 0 bridgehead atoms. The minimum atomic E-state index is 0.709. The highest BCUT2D eigenvalue weighted by Crippen LogP contribution is 2.23. The lowest BCUT2D eigenvalue weighted by Gasteiger charge is -2.11. The number of benzene rings is 2. The van der Waals surface area contributed by atoms with Crippen molar-refractivity contribution in [3.63, 3.8) is 0 Å². The highest BCUT2D eigenvalue weighted by Gasteiger charge is 2.05. The third-order valence-corrected chi connectivity index (χ3v) is 3.97. The number of nitrogens with one attached hydrogen (secondary N) is 1. The van der Waals surface area contributed by atoms with Crippen LogP contribution in [0.25, 0.3) is 0 Å². The first-order chi connectivity index (χ1) is 12.3. The van der Waals surface area contributed by atoms with Crippen molar-refractivity contribution in [2.75, 3.05) is 14.2 Å². The van der Waals surface area contributed by atoms with E-state index in [1.807, 2.05) is 22.9 Å². The van der Waals surface area contributed by atoms with Crippen molar-refractivity contribution in [3.8, 4) is 11.5 Å². The molecule has 1 heterocycles. The molecule has 1 N–H and O–H groups in total. The summed E-state index contributed by atoms with van der Waals surface area (Å²) in [5.41, 5.74) is 3.50. The van der Waals surface area contributed by atoms with Gasteiger partial charge in [0.25, 0.3) is 0 Å². The average Bonchev–Trinajstić information content (AvgIpc) is 3.16. The SMILES string of the molecule is COc1ccc(OC)c(CNCc2ccc(Cn3cncn3)cc2)c1. The Balaban J connectivity index is 1.55. The molecule has 130 valence electrons. The standard InChI is InChI=1S/C19H22N4O2/c1-24-18-7-8-19(25-2)17(9-18)11-20-10-15-3-5-16(6-4-15)12-23-14-21-13-22-23/h3-9,13-14,20H,10-12H2,1-2H3. The zero-order valence-corrected chi connectivity index (χ0v) is 14.5. The summed E-state index contributed by atoms with van der Waals surface area (Å²) in [6.45, 7) is 2.22. The predicted octanol–water partition coefficient (Wildman–Crippen LogP) is 2.63. The monoisotopic (exact) mass is 338 g/mol. The molecule has 0 spiro atoms. The van der Waals surface area contributed by atoms with Gasteiger partial charge in [-0.1, -0.05) is 24.3 Å². The molecule has 1 aromatic heterocycles. The lowest BCUT2D eigenvalue weighted by Crippen LogP contribution is -2.13. The Morgan fingerprint density at radius 3 is 2.44 bits per heavy atom. The summed E-state index contributed by atoms with van der Waals surface area (Å²) in [7, 11) is 3.35. The molecule has 0 aliphatic rings. The number of rotatable bonds is 8. The van der Waals surface area contributed by atoms with Gasteiger partial charge >= 0.3 is 0 Å². The molecule has 3 aromatic rings. The van der Waals surface area contributed by atoms with Crippen LogP contribution >= 0.6 is 0 Å². The molecular weight excluding hydrogens is 316 g/mol. The molecule has 0 saturated heterocycles. The molecule has 0 aliphatic heterocycles. The third-order valence-electron chi connectivity index (χ3n) is 3.97. The van der Waals surface area contributed by atoms with Gasteiger partial charge in [0, 0.05) is 18.7 Å². The van der Waals surface area contributed by atoms with Crippen LogP contribution in [0.4, 0.5) is 0 Å². The summed E-state index contributed by atoms with van der Waals surface area (Å²) < 4.78 is 12.5. The zero-order valence-electron chi connectivity index (χ0n) is 14.5. The van der Waals surface area contributed by atoms with Crippen LogP contribution in [-0.4, -0.2) is 29.0 Å². The Morgan fingerprint density at radius 1 is 0.960 bits per heavy atom. The summed E-state index contributed by atoms with van der Waals surface area (Å²) >= 11 is 0. The molecule has 0 fully saturated rings. The molecule has 3 rings (SSSR count). The van der Waals surface area contributed by atoms with Crippen molar-refractivity contribution in [1.29, 1.82) is 0 Å². The van der Waals surface area contributed by atoms with Gasteiger partial charge in [-0.15, -0.1) is 0 Å². The van der Waals surface area contributed by atoms with Crippen molar-refractivity contribution in [2.45, 2.75) is 19.6 Å². The van der Waals surface area contributed by atoms with Crippen LogP contribution < -0.4 is 14.8 Å². The molecule has 0 radical (unpaired) electrons. The first-order valence-corrected chi connectivity index (χ1v) is 8.10. The van der Waals surface area contributed by atoms with Gasteiger partial charge in [-0.25, -0.2) is 9.67 Å². The lowest BCUT2D eigenvalue weighted by molar-refractivity contribution is 0.397. The molecule has 2 aromatic carbocycles. The van der Waals surface area contributed by atoms with Crippen LogP contribution in [-0.2, 0) is 19.6 Å². The molecular formula is C19H22N4O2. The van der Waals surface area contributed by atoms with E-state index in [0.717, 1.165) is 30.2 Å². The summed E-state index contributed by atoms with van der Waals surface area (Å²) in [6, 6.07) is 14.3.